The molecule has 0 unspecified atom stereocenters. The van der Waals surface area contributed by atoms with Crippen LogP contribution in [0, 0.1) is 6.92 Å². The van der Waals surface area contributed by atoms with Gasteiger partial charge in [-0.15, -0.1) is 0 Å². The summed E-state index contributed by atoms with van der Waals surface area (Å²) >= 11 is 0. The molecule has 0 bridgehead atoms. The molecule has 1 aromatic heterocycles. The van der Waals surface area contributed by atoms with Crippen molar-refractivity contribution >= 4 is 22.4 Å². The van der Waals surface area contributed by atoms with Crippen molar-refractivity contribution < 1.29 is 13.2 Å². The van der Waals surface area contributed by atoms with E-state index in [0.29, 0.717) is 22.7 Å². The summed E-state index contributed by atoms with van der Waals surface area (Å²) in [5.41, 5.74) is 2.67. The van der Waals surface area contributed by atoms with Crippen LogP contribution in [0.5, 0.6) is 0 Å². The van der Waals surface area contributed by atoms with E-state index in [4.69, 9.17) is 0 Å². The van der Waals surface area contributed by atoms with Gasteiger partial charge in [-0.25, -0.2) is 9.97 Å². The highest BCUT2D eigenvalue weighted by atomic mass is 19.4. The summed E-state index contributed by atoms with van der Waals surface area (Å²) in [6.45, 7) is 8.24. The van der Waals surface area contributed by atoms with Crippen LogP contribution in [0.2, 0.25) is 0 Å². The molecule has 3 aromatic carbocycles. The molecule has 0 saturated carbocycles. The number of halogens is 3. The quantitative estimate of drug-likeness (QED) is 0.359. The van der Waals surface area contributed by atoms with Gasteiger partial charge in [0.2, 0.25) is 0 Å². The summed E-state index contributed by atoms with van der Waals surface area (Å²) in [4.78, 5) is 8.99. The van der Waals surface area contributed by atoms with Crippen LogP contribution in [0.3, 0.4) is 0 Å². The van der Waals surface area contributed by atoms with Crippen LogP contribution in [-0.4, -0.2) is 9.97 Å². The zero-order chi connectivity index (χ0) is 23.1. The van der Waals surface area contributed by atoms with E-state index in [2.05, 4.69) is 48.2 Å². The smallest absolute Gasteiger partial charge is 0.340 e. The molecule has 0 aliphatic rings. The van der Waals surface area contributed by atoms with Gasteiger partial charge in [0.05, 0.1) is 11.1 Å². The number of aryl methyl sites for hydroxylation is 1. The molecule has 1 N–H and O–H groups in total. The van der Waals surface area contributed by atoms with E-state index in [0.717, 1.165) is 17.1 Å². The predicted octanol–water partition coefficient (Wildman–Crippen LogP) is 7.67. The number of anilines is 2. The molecule has 0 radical (unpaired) electrons. The van der Waals surface area contributed by atoms with Crippen molar-refractivity contribution in [3.8, 4) is 11.1 Å². The van der Waals surface area contributed by atoms with Crippen molar-refractivity contribution in [1.29, 1.82) is 0 Å². The fourth-order valence-electron chi connectivity index (χ4n) is 3.68. The van der Waals surface area contributed by atoms with Gasteiger partial charge in [0.1, 0.15) is 11.6 Å². The van der Waals surface area contributed by atoms with Gasteiger partial charge in [-0.2, -0.15) is 13.2 Å². The second-order valence-corrected chi connectivity index (χ2v) is 8.85. The van der Waals surface area contributed by atoms with E-state index in [1.165, 1.54) is 17.7 Å². The molecule has 32 heavy (non-hydrogen) atoms. The third-order valence-electron chi connectivity index (χ3n) is 5.37. The number of fused-ring (bicyclic) bond motifs is 1. The SMILES string of the molecule is Cc1nc(Nc2ccc(C(C)(C)C)cc2)c2ccc(-c3ccccc3C(F)(F)F)cc2n1. The van der Waals surface area contributed by atoms with Gasteiger partial charge in [0.25, 0.3) is 0 Å². The van der Waals surface area contributed by atoms with E-state index in [1.807, 2.05) is 12.1 Å². The Kier molecular flexibility index (Phi) is 5.41. The maximum Gasteiger partial charge on any atom is 0.417 e. The Balaban J connectivity index is 1.75. The monoisotopic (exact) mass is 435 g/mol. The average molecular weight is 435 g/mol. The lowest BCUT2D eigenvalue weighted by molar-refractivity contribution is -0.137. The Hall–Kier alpha value is -3.41. The molecular weight excluding hydrogens is 411 g/mol. The second kappa shape index (κ2) is 7.93. The molecule has 164 valence electrons. The van der Waals surface area contributed by atoms with Crippen molar-refractivity contribution in [2.24, 2.45) is 0 Å². The van der Waals surface area contributed by atoms with Crippen LogP contribution in [0.4, 0.5) is 24.7 Å². The van der Waals surface area contributed by atoms with Crippen LogP contribution in [-0.2, 0) is 11.6 Å². The first-order valence-corrected chi connectivity index (χ1v) is 10.3. The number of nitrogens with one attached hydrogen (secondary N) is 1. The van der Waals surface area contributed by atoms with Crippen LogP contribution in [0.1, 0.15) is 37.7 Å². The molecule has 0 saturated heterocycles. The van der Waals surface area contributed by atoms with Gasteiger partial charge in [-0.3, -0.25) is 0 Å². The normalized spacial score (nSPS) is 12.2. The Morgan fingerprint density at radius 3 is 2.16 bits per heavy atom. The molecule has 4 rings (SSSR count). The fraction of sp³-hybridized carbons (Fsp3) is 0.231. The Morgan fingerprint density at radius 2 is 1.50 bits per heavy atom. The summed E-state index contributed by atoms with van der Waals surface area (Å²) in [5.74, 6) is 1.15. The molecular formula is C26H24F3N3. The summed E-state index contributed by atoms with van der Waals surface area (Å²) in [6, 6.07) is 18.9. The van der Waals surface area contributed by atoms with Gasteiger partial charge >= 0.3 is 6.18 Å². The minimum atomic E-state index is -4.43. The standard InChI is InChI=1S/C26H24F3N3/c1-16-30-23-15-17(20-7-5-6-8-22(20)26(27,28)29)9-14-21(23)24(31-16)32-19-12-10-18(11-13-19)25(2,3)4/h5-15H,1-4H3,(H,30,31,32). The van der Waals surface area contributed by atoms with Gasteiger partial charge in [-0.1, -0.05) is 57.2 Å². The number of hydrogen-bond donors (Lipinski definition) is 1. The topological polar surface area (TPSA) is 37.8 Å². The van der Waals surface area contributed by atoms with E-state index in [9.17, 15) is 13.2 Å². The molecule has 0 aliphatic heterocycles. The summed E-state index contributed by atoms with van der Waals surface area (Å²) < 4.78 is 40.5. The molecule has 1 heterocycles. The van der Waals surface area contributed by atoms with Crippen LogP contribution < -0.4 is 5.32 Å². The third-order valence-corrected chi connectivity index (χ3v) is 5.37. The number of hydrogen-bond acceptors (Lipinski definition) is 3. The largest absolute Gasteiger partial charge is 0.417 e. The van der Waals surface area contributed by atoms with E-state index in [1.54, 1.807) is 31.2 Å². The van der Waals surface area contributed by atoms with Gasteiger partial charge in [0.15, 0.2) is 0 Å². The molecule has 4 aromatic rings. The first-order valence-electron chi connectivity index (χ1n) is 10.3. The van der Waals surface area contributed by atoms with Gasteiger partial charge < -0.3 is 5.32 Å². The van der Waals surface area contributed by atoms with E-state index in [-0.39, 0.29) is 11.0 Å². The lowest BCUT2D eigenvalue weighted by Crippen LogP contribution is -2.10. The Bertz CT molecular complexity index is 1270. The molecule has 0 amide bonds. The zero-order valence-corrected chi connectivity index (χ0v) is 18.4. The number of rotatable bonds is 3. The number of aromatic nitrogens is 2. The van der Waals surface area contributed by atoms with Crippen molar-refractivity contribution in [2.75, 3.05) is 5.32 Å². The van der Waals surface area contributed by atoms with E-state index >= 15 is 0 Å². The van der Waals surface area contributed by atoms with Crippen molar-refractivity contribution in [3.63, 3.8) is 0 Å². The summed E-state index contributed by atoms with van der Waals surface area (Å²) in [6.07, 6.45) is -4.43. The minimum Gasteiger partial charge on any atom is -0.340 e. The molecule has 0 spiro atoms. The van der Waals surface area contributed by atoms with Crippen molar-refractivity contribution in [3.05, 3.63) is 83.7 Å². The summed E-state index contributed by atoms with van der Waals surface area (Å²) in [7, 11) is 0. The van der Waals surface area contributed by atoms with Crippen molar-refractivity contribution in [2.45, 2.75) is 39.3 Å². The highest BCUT2D eigenvalue weighted by molar-refractivity contribution is 5.93. The maximum atomic E-state index is 13.5. The molecule has 0 fully saturated rings. The predicted molar refractivity (Wildman–Crippen MR) is 123 cm³/mol. The van der Waals surface area contributed by atoms with Gasteiger partial charge in [-0.05, 0) is 59.4 Å². The molecule has 0 atom stereocenters. The second-order valence-electron chi connectivity index (χ2n) is 8.85. The number of nitrogens with zero attached hydrogens (tertiary/aromatic N) is 2. The highest BCUT2D eigenvalue weighted by Gasteiger charge is 2.33. The minimum absolute atomic E-state index is 0.0554. The number of alkyl halides is 3. The zero-order valence-electron chi connectivity index (χ0n) is 18.4. The number of benzene rings is 3. The highest BCUT2D eigenvalue weighted by Crippen LogP contribution is 2.38. The molecule has 3 nitrogen and oxygen atoms in total. The lowest BCUT2D eigenvalue weighted by Gasteiger charge is -2.19. The van der Waals surface area contributed by atoms with E-state index < -0.39 is 11.7 Å². The first kappa shape index (κ1) is 21.8. The van der Waals surface area contributed by atoms with Crippen LogP contribution >= 0.6 is 0 Å². The molecule has 0 aliphatic carbocycles. The van der Waals surface area contributed by atoms with Crippen LogP contribution in [0.15, 0.2) is 66.7 Å². The van der Waals surface area contributed by atoms with Gasteiger partial charge in [0, 0.05) is 11.1 Å². The van der Waals surface area contributed by atoms with Crippen LogP contribution in [0.25, 0.3) is 22.0 Å². The Morgan fingerprint density at radius 1 is 0.812 bits per heavy atom. The maximum absolute atomic E-state index is 13.5. The fourth-order valence-corrected chi connectivity index (χ4v) is 3.68. The third kappa shape index (κ3) is 4.44. The Labute approximate surface area is 185 Å². The lowest BCUT2D eigenvalue weighted by atomic mass is 9.87. The average Bonchev–Trinajstić information content (AvgIpc) is 2.72. The van der Waals surface area contributed by atoms with Crippen molar-refractivity contribution in [1.82, 2.24) is 9.97 Å². The summed E-state index contributed by atoms with van der Waals surface area (Å²) in [5, 5.41) is 4.07. The molecule has 6 heteroatoms. The first-order chi connectivity index (χ1) is 15.0.